The average Bonchev–Trinajstić information content (AvgIpc) is 3.01. The van der Waals surface area contributed by atoms with E-state index >= 15 is 0 Å². The highest BCUT2D eigenvalue weighted by Crippen LogP contribution is 2.32. The van der Waals surface area contributed by atoms with Gasteiger partial charge in [0.1, 0.15) is 0 Å². The number of nitrogens with zero attached hydrogens (tertiary/aromatic N) is 2. The van der Waals surface area contributed by atoms with Crippen molar-refractivity contribution in [2.75, 3.05) is 44.7 Å². The van der Waals surface area contributed by atoms with Crippen LogP contribution < -0.4 is 20.5 Å². The van der Waals surface area contributed by atoms with Gasteiger partial charge in [-0.05, 0) is 51.0 Å². The van der Waals surface area contributed by atoms with Crippen LogP contribution in [0.2, 0.25) is 0 Å². The van der Waals surface area contributed by atoms with Crippen molar-refractivity contribution in [3.63, 3.8) is 0 Å². The van der Waals surface area contributed by atoms with Crippen molar-refractivity contribution in [2.45, 2.75) is 38.5 Å². The number of likely N-dealkylation sites (tertiary alicyclic amines) is 1. The number of rotatable bonds is 5. The van der Waals surface area contributed by atoms with Crippen molar-refractivity contribution in [2.24, 2.45) is 10.7 Å². The average molecular weight is 474 g/mol. The van der Waals surface area contributed by atoms with Crippen molar-refractivity contribution in [3.8, 4) is 11.5 Å². The number of ether oxygens (including phenoxy) is 2. The van der Waals surface area contributed by atoms with E-state index in [1.165, 1.54) is 38.8 Å². The van der Waals surface area contributed by atoms with Crippen LogP contribution in [0, 0.1) is 0 Å². The molecule has 2 aliphatic heterocycles. The molecule has 1 aromatic carbocycles. The zero-order valence-corrected chi connectivity index (χ0v) is 17.7. The highest BCUT2D eigenvalue weighted by molar-refractivity contribution is 14.0. The number of nitrogens with one attached hydrogen (secondary N) is 1. The molecule has 0 bridgehead atoms. The summed E-state index contributed by atoms with van der Waals surface area (Å²) in [5.74, 6) is 2.00. The Kier molecular flexibility index (Phi) is 9.31. The van der Waals surface area contributed by atoms with E-state index in [2.05, 4.69) is 15.2 Å². The Bertz CT molecular complexity index is 575. The van der Waals surface area contributed by atoms with E-state index in [4.69, 9.17) is 15.2 Å². The monoisotopic (exact) mass is 474 g/mol. The second-order valence-corrected chi connectivity index (χ2v) is 6.71. The SMILES string of the molecule is I.NC(=NCCCN1CCCCCC1)Nc1ccc2c(c1)OCCCO2. The van der Waals surface area contributed by atoms with Gasteiger partial charge in [-0.3, -0.25) is 4.99 Å². The van der Waals surface area contributed by atoms with Crippen molar-refractivity contribution in [1.29, 1.82) is 0 Å². The number of aliphatic imine (C=N–C) groups is 1. The molecule has 3 rings (SSSR count). The minimum absolute atomic E-state index is 0. The maximum Gasteiger partial charge on any atom is 0.193 e. The van der Waals surface area contributed by atoms with Crippen molar-refractivity contribution in [1.82, 2.24) is 4.90 Å². The first-order valence-corrected chi connectivity index (χ1v) is 9.50. The Balaban J connectivity index is 0.00000243. The summed E-state index contributed by atoms with van der Waals surface area (Å²) in [6.45, 7) is 5.70. The van der Waals surface area contributed by atoms with Gasteiger partial charge in [0.25, 0.3) is 0 Å². The third-order valence-electron chi connectivity index (χ3n) is 4.63. The molecule has 0 radical (unpaired) electrons. The molecule has 0 aromatic heterocycles. The van der Waals surface area contributed by atoms with Gasteiger partial charge in [0.15, 0.2) is 17.5 Å². The van der Waals surface area contributed by atoms with Crippen LogP contribution in [-0.4, -0.2) is 50.3 Å². The smallest absolute Gasteiger partial charge is 0.193 e. The van der Waals surface area contributed by atoms with Gasteiger partial charge in [-0.25, -0.2) is 0 Å². The Morgan fingerprint density at radius 2 is 1.77 bits per heavy atom. The Labute approximate surface area is 173 Å². The zero-order chi connectivity index (χ0) is 17.3. The van der Waals surface area contributed by atoms with E-state index < -0.39 is 0 Å². The van der Waals surface area contributed by atoms with Crippen LogP contribution in [0.5, 0.6) is 11.5 Å². The molecule has 0 saturated carbocycles. The summed E-state index contributed by atoms with van der Waals surface area (Å²) >= 11 is 0. The van der Waals surface area contributed by atoms with Crippen LogP contribution in [0.25, 0.3) is 0 Å². The van der Waals surface area contributed by atoms with Crippen molar-refractivity contribution in [3.05, 3.63) is 18.2 Å². The topological polar surface area (TPSA) is 72.1 Å². The molecule has 0 aliphatic carbocycles. The maximum atomic E-state index is 6.01. The van der Waals surface area contributed by atoms with Crippen LogP contribution in [-0.2, 0) is 0 Å². The molecule has 1 saturated heterocycles. The molecule has 1 fully saturated rings. The molecule has 7 heteroatoms. The standard InChI is InChI=1S/C19H30N4O2.HI/c20-19(21-9-5-12-23-10-3-1-2-4-11-23)22-16-7-8-17-18(15-16)25-14-6-13-24-17;/h7-8,15H,1-6,9-14H2,(H3,20,21,22);1H. The van der Waals surface area contributed by atoms with E-state index in [1.54, 1.807) is 0 Å². The highest BCUT2D eigenvalue weighted by atomic mass is 127. The fourth-order valence-corrected chi connectivity index (χ4v) is 3.28. The minimum Gasteiger partial charge on any atom is -0.490 e. The number of fused-ring (bicyclic) bond motifs is 1. The summed E-state index contributed by atoms with van der Waals surface area (Å²) in [5.41, 5.74) is 6.88. The zero-order valence-electron chi connectivity index (χ0n) is 15.4. The van der Waals surface area contributed by atoms with Gasteiger partial charge < -0.3 is 25.4 Å². The fourth-order valence-electron chi connectivity index (χ4n) is 3.28. The van der Waals surface area contributed by atoms with Gasteiger partial charge in [-0.15, -0.1) is 24.0 Å². The molecule has 6 nitrogen and oxygen atoms in total. The number of guanidine groups is 1. The van der Waals surface area contributed by atoms with E-state index in [0.717, 1.165) is 43.1 Å². The van der Waals surface area contributed by atoms with Gasteiger partial charge in [0.2, 0.25) is 0 Å². The van der Waals surface area contributed by atoms with Crippen LogP contribution in [0.1, 0.15) is 38.5 Å². The van der Waals surface area contributed by atoms with E-state index in [0.29, 0.717) is 19.2 Å². The van der Waals surface area contributed by atoms with Crippen LogP contribution in [0.15, 0.2) is 23.2 Å². The quantitative estimate of drug-likeness (QED) is 0.296. The lowest BCUT2D eigenvalue weighted by Gasteiger charge is -2.18. The maximum absolute atomic E-state index is 6.01. The molecule has 0 spiro atoms. The lowest BCUT2D eigenvalue weighted by atomic mass is 10.2. The largest absolute Gasteiger partial charge is 0.490 e. The highest BCUT2D eigenvalue weighted by Gasteiger charge is 2.11. The van der Waals surface area contributed by atoms with Gasteiger partial charge in [0.05, 0.1) is 13.2 Å². The predicted octanol–water partition coefficient (Wildman–Crippen LogP) is 3.46. The first-order chi connectivity index (χ1) is 12.3. The van der Waals surface area contributed by atoms with Gasteiger partial charge >= 0.3 is 0 Å². The van der Waals surface area contributed by atoms with E-state index in [-0.39, 0.29) is 24.0 Å². The molecule has 26 heavy (non-hydrogen) atoms. The lowest BCUT2D eigenvalue weighted by Crippen LogP contribution is -2.27. The number of hydrogen-bond donors (Lipinski definition) is 2. The normalized spacial score (nSPS) is 18.4. The Morgan fingerprint density at radius 1 is 1.04 bits per heavy atom. The molecular formula is C19H31IN4O2. The Hall–Kier alpha value is -1.22. The number of nitrogens with two attached hydrogens (primary N) is 1. The van der Waals surface area contributed by atoms with Gasteiger partial charge in [-0.2, -0.15) is 0 Å². The summed E-state index contributed by atoms with van der Waals surface area (Å²) in [5, 5.41) is 3.14. The van der Waals surface area contributed by atoms with Crippen molar-refractivity contribution < 1.29 is 9.47 Å². The molecule has 3 N–H and O–H groups in total. The molecule has 146 valence electrons. The molecule has 1 aromatic rings. The summed E-state index contributed by atoms with van der Waals surface area (Å²) in [7, 11) is 0. The number of anilines is 1. The number of halogens is 1. The molecule has 2 heterocycles. The second kappa shape index (κ2) is 11.5. The van der Waals surface area contributed by atoms with Crippen LogP contribution >= 0.6 is 24.0 Å². The first kappa shape index (κ1) is 21.1. The summed E-state index contributed by atoms with van der Waals surface area (Å²) in [4.78, 5) is 6.99. The van der Waals surface area contributed by atoms with E-state index in [9.17, 15) is 0 Å². The molecule has 0 atom stereocenters. The third kappa shape index (κ3) is 6.83. The molecule has 0 amide bonds. The third-order valence-corrected chi connectivity index (χ3v) is 4.63. The van der Waals surface area contributed by atoms with Crippen LogP contribution in [0.3, 0.4) is 0 Å². The number of benzene rings is 1. The van der Waals surface area contributed by atoms with E-state index in [1.807, 2.05) is 18.2 Å². The fraction of sp³-hybridized carbons (Fsp3) is 0.632. The first-order valence-electron chi connectivity index (χ1n) is 9.50. The van der Waals surface area contributed by atoms with Gasteiger partial charge in [-0.1, -0.05) is 12.8 Å². The molecular weight excluding hydrogens is 443 g/mol. The second-order valence-electron chi connectivity index (χ2n) is 6.71. The number of hydrogen-bond acceptors (Lipinski definition) is 4. The summed E-state index contributed by atoms with van der Waals surface area (Å²) < 4.78 is 11.3. The summed E-state index contributed by atoms with van der Waals surface area (Å²) in [6.07, 6.45) is 7.36. The van der Waals surface area contributed by atoms with Gasteiger partial charge in [0, 0.05) is 24.7 Å². The lowest BCUT2D eigenvalue weighted by molar-refractivity contribution is 0.283. The van der Waals surface area contributed by atoms with Crippen molar-refractivity contribution >= 4 is 35.6 Å². The molecule has 2 aliphatic rings. The Morgan fingerprint density at radius 3 is 2.54 bits per heavy atom. The summed E-state index contributed by atoms with van der Waals surface area (Å²) in [6, 6.07) is 5.77. The molecule has 0 unspecified atom stereocenters. The van der Waals surface area contributed by atoms with Crippen LogP contribution in [0.4, 0.5) is 5.69 Å². The predicted molar refractivity (Wildman–Crippen MR) is 117 cm³/mol. The minimum atomic E-state index is 0.